The van der Waals surface area contributed by atoms with Crippen LogP contribution in [0, 0.1) is 0 Å². The van der Waals surface area contributed by atoms with Gasteiger partial charge in [0.25, 0.3) is 0 Å². The van der Waals surface area contributed by atoms with Gasteiger partial charge >= 0.3 is 5.97 Å². The molecule has 19 heavy (non-hydrogen) atoms. The van der Waals surface area contributed by atoms with Crippen LogP contribution in [0.15, 0.2) is 0 Å². The predicted octanol–water partition coefficient (Wildman–Crippen LogP) is -0.538. The summed E-state index contributed by atoms with van der Waals surface area (Å²) in [7, 11) is -3.33. The van der Waals surface area contributed by atoms with Crippen molar-refractivity contribution in [1.82, 2.24) is 4.90 Å². The van der Waals surface area contributed by atoms with Crippen molar-refractivity contribution >= 4 is 21.7 Å². The molecule has 1 amide bonds. The molecule has 0 saturated heterocycles. The summed E-state index contributed by atoms with van der Waals surface area (Å²) in [5.41, 5.74) is 4.91. The number of sulfone groups is 1. The van der Waals surface area contributed by atoms with E-state index in [1.807, 2.05) is 13.8 Å². The number of carbonyl (C=O) groups excluding carboxylic acids is 1. The molecule has 0 aliphatic heterocycles. The second-order valence-corrected chi connectivity index (χ2v) is 6.95. The first kappa shape index (κ1) is 17.8. The van der Waals surface area contributed by atoms with Gasteiger partial charge in [-0.3, -0.25) is 14.5 Å². The van der Waals surface area contributed by atoms with Gasteiger partial charge in [-0.2, -0.15) is 0 Å². The summed E-state index contributed by atoms with van der Waals surface area (Å²) in [4.78, 5) is 22.8. The Morgan fingerprint density at radius 3 is 2.16 bits per heavy atom. The monoisotopic (exact) mass is 294 g/mol. The molecule has 0 saturated carbocycles. The zero-order chi connectivity index (χ0) is 15.1. The molecule has 0 aromatic heterocycles. The number of carboxylic acids is 1. The second-order valence-electron chi connectivity index (χ2n) is 4.64. The number of primary amides is 1. The number of rotatable bonds is 10. The smallest absolute Gasteiger partial charge is 0.304 e. The largest absolute Gasteiger partial charge is 0.481 e. The Labute approximate surface area is 113 Å². The molecule has 0 rings (SSSR count). The lowest BCUT2D eigenvalue weighted by atomic mass is 10.3. The van der Waals surface area contributed by atoms with Gasteiger partial charge in [-0.15, -0.1) is 0 Å². The van der Waals surface area contributed by atoms with E-state index in [9.17, 15) is 18.0 Å². The van der Waals surface area contributed by atoms with Gasteiger partial charge in [0.1, 0.15) is 0 Å². The molecule has 3 N–H and O–H groups in total. The summed E-state index contributed by atoms with van der Waals surface area (Å²) in [5, 5.41) is 8.62. The lowest BCUT2D eigenvalue weighted by molar-refractivity contribution is -0.137. The van der Waals surface area contributed by atoms with E-state index in [4.69, 9.17) is 10.8 Å². The fourth-order valence-corrected chi connectivity index (χ4v) is 2.71. The van der Waals surface area contributed by atoms with E-state index < -0.39 is 21.7 Å². The molecule has 0 aliphatic carbocycles. The fraction of sp³-hybridized carbons (Fsp3) is 0.818. The van der Waals surface area contributed by atoms with Crippen LogP contribution < -0.4 is 5.73 Å². The van der Waals surface area contributed by atoms with Crippen LogP contribution in [0.2, 0.25) is 0 Å². The molecule has 0 bridgehead atoms. The first-order valence-corrected chi connectivity index (χ1v) is 7.91. The van der Waals surface area contributed by atoms with Gasteiger partial charge in [0.15, 0.2) is 9.84 Å². The molecule has 0 radical (unpaired) electrons. The van der Waals surface area contributed by atoms with Gasteiger partial charge in [-0.05, 0) is 13.8 Å². The quantitative estimate of drug-likeness (QED) is 0.559. The summed E-state index contributed by atoms with van der Waals surface area (Å²) in [6, 6.07) is 0.0608. The minimum absolute atomic E-state index is 0.0283. The molecule has 8 heteroatoms. The molecule has 112 valence electrons. The van der Waals surface area contributed by atoms with Crippen molar-refractivity contribution in [1.29, 1.82) is 0 Å². The van der Waals surface area contributed by atoms with Crippen LogP contribution in [0.25, 0.3) is 0 Å². The number of hydrogen-bond acceptors (Lipinski definition) is 5. The van der Waals surface area contributed by atoms with Crippen molar-refractivity contribution < 1.29 is 23.1 Å². The summed E-state index contributed by atoms with van der Waals surface area (Å²) in [5.74, 6) is -1.91. The van der Waals surface area contributed by atoms with Crippen molar-refractivity contribution in [2.45, 2.75) is 32.7 Å². The highest BCUT2D eigenvalue weighted by Crippen LogP contribution is 2.03. The van der Waals surface area contributed by atoms with E-state index in [1.165, 1.54) is 0 Å². The van der Waals surface area contributed by atoms with Gasteiger partial charge in [0, 0.05) is 25.6 Å². The lowest BCUT2D eigenvalue weighted by Crippen LogP contribution is -2.37. The molecule has 0 unspecified atom stereocenters. The van der Waals surface area contributed by atoms with E-state index in [2.05, 4.69) is 0 Å². The molecule has 0 aromatic carbocycles. The van der Waals surface area contributed by atoms with Gasteiger partial charge in [-0.1, -0.05) is 0 Å². The van der Waals surface area contributed by atoms with Crippen LogP contribution in [0.4, 0.5) is 0 Å². The van der Waals surface area contributed by atoms with E-state index >= 15 is 0 Å². The maximum Gasteiger partial charge on any atom is 0.304 e. The van der Waals surface area contributed by atoms with Gasteiger partial charge < -0.3 is 10.8 Å². The van der Waals surface area contributed by atoms with E-state index in [0.29, 0.717) is 6.54 Å². The highest BCUT2D eigenvalue weighted by atomic mass is 32.2. The molecule has 0 atom stereocenters. The van der Waals surface area contributed by atoms with Crippen molar-refractivity contribution in [2.75, 3.05) is 24.6 Å². The van der Waals surface area contributed by atoms with E-state index in [-0.39, 0.29) is 36.9 Å². The van der Waals surface area contributed by atoms with Crippen LogP contribution in [0.5, 0.6) is 0 Å². The molecule has 0 spiro atoms. The maximum absolute atomic E-state index is 11.6. The number of nitrogens with zero attached hydrogens (tertiary/aromatic N) is 1. The van der Waals surface area contributed by atoms with Crippen LogP contribution in [-0.4, -0.2) is 60.9 Å². The van der Waals surface area contributed by atoms with Gasteiger partial charge in [0.05, 0.1) is 17.9 Å². The number of amides is 1. The van der Waals surface area contributed by atoms with Gasteiger partial charge in [0.2, 0.25) is 5.91 Å². The van der Waals surface area contributed by atoms with E-state index in [1.54, 1.807) is 4.90 Å². The van der Waals surface area contributed by atoms with Crippen molar-refractivity contribution in [2.24, 2.45) is 5.73 Å². The maximum atomic E-state index is 11.6. The zero-order valence-electron chi connectivity index (χ0n) is 11.3. The average molecular weight is 294 g/mol. The average Bonchev–Trinajstić information content (AvgIpc) is 2.25. The minimum atomic E-state index is -3.33. The topological polar surface area (TPSA) is 118 Å². The van der Waals surface area contributed by atoms with Crippen LogP contribution >= 0.6 is 0 Å². The van der Waals surface area contributed by atoms with Crippen LogP contribution in [-0.2, 0) is 19.4 Å². The number of carbonyl (C=O) groups is 2. The molecule has 0 aliphatic rings. The van der Waals surface area contributed by atoms with Crippen LogP contribution in [0.1, 0.15) is 26.7 Å². The molecule has 0 aromatic rings. The molecular weight excluding hydrogens is 272 g/mol. The van der Waals surface area contributed by atoms with Crippen molar-refractivity contribution in [3.8, 4) is 0 Å². The first-order valence-electron chi connectivity index (χ1n) is 6.08. The van der Waals surface area contributed by atoms with Crippen molar-refractivity contribution in [3.63, 3.8) is 0 Å². The SMILES string of the molecule is CC(C)N(CCC(=O)O)CCS(=O)(=O)CCC(N)=O. The Morgan fingerprint density at radius 1 is 1.16 bits per heavy atom. The summed E-state index contributed by atoms with van der Waals surface area (Å²) in [6.45, 7) is 4.31. The third kappa shape index (κ3) is 9.43. The zero-order valence-corrected chi connectivity index (χ0v) is 12.1. The first-order chi connectivity index (χ1) is 8.64. The van der Waals surface area contributed by atoms with E-state index in [0.717, 1.165) is 0 Å². The highest BCUT2D eigenvalue weighted by Gasteiger charge is 2.17. The minimum Gasteiger partial charge on any atom is -0.481 e. The second kappa shape index (κ2) is 8.11. The van der Waals surface area contributed by atoms with Crippen LogP contribution in [0.3, 0.4) is 0 Å². The standard InChI is InChI=1S/C11H22N2O5S/c1-9(2)13(5-3-11(15)16)6-8-19(17,18)7-4-10(12)14/h9H,3-8H2,1-2H3,(H2,12,14)(H,15,16). The highest BCUT2D eigenvalue weighted by molar-refractivity contribution is 7.91. The summed E-state index contributed by atoms with van der Waals surface area (Å²) in [6.07, 6.45) is -0.210. The lowest BCUT2D eigenvalue weighted by Gasteiger charge is -2.25. The molecule has 7 nitrogen and oxygen atoms in total. The van der Waals surface area contributed by atoms with Gasteiger partial charge in [-0.25, -0.2) is 8.42 Å². The number of hydrogen-bond donors (Lipinski definition) is 2. The Balaban J connectivity index is 4.30. The Kier molecular flexibility index (Phi) is 7.62. The third-order valence-corrected chi connectivity index (χ3v) is 4.32. The summed E-state index contributed by atoms with van der Waals surface area (Å²) >= 11 is 0. The normalized spacial score (nSPS) is 12.0. The predicted molar refractivity (Wildman–Crippen MR) is 71.4 cm³/mol. The number of carboxylic acid groups (broad SMARTS) is 1. The van der Waals surface area contributed by atoms with Crippen molar-refractivity contribution in [3.05, 3.63) is 0 Å². The molecule has 0 heterocycles. The third-order valence-electron chi connectivity index (χ3n) is 2.69. The summed E-state index contributed by atoms with van der Waals surface area (Å²) < 4.78 is 23.3. The Hall–Kier alpha value is -1.15. The molecular formula is C11H22N2O5S. The Bertz CT molecular complexity index is 405. The fourth-order valence-electron chi connectivity index (χ4n) is 1.48. The number of aliphatic carboxylic acids is 1. The Morgan fingerprint density at radius 2 is 1.74 bits per heavy atom. The number of nitrogens with two attached hydrogens (primary N) is 1. The molecule has 0 fully saturated rings.